The van der Waals surface area contributed by atoms with Crippen LogP contribution < -0.4 is 4.90 Å². The lowest BCUT2D eigenvalue weighted by Gasteiger charge is -2.46. The molecule has 2 aliphatic heterocycles. The maximum atomic E-state index is 10.0. The second-order valence-electron chi connectivity index (χ2n) is 9.34. The van der Waals surface area contributed by atoms with Crippen molar-refractivity contribution in [1.29, 1.82) is 5.26 Å². The van der Waals surface area contributed by atoms with E-state index >= 15 is 0 Å². The lowest BCUT2D eigenvalue weighted by atomic mass is 9.94. The topological polar surface area (TPSA) is 46.4 Å². The normalized spacial score (nSPS) is 18.4. The molecule has 5 nitrogen and oxygen atoms in total. The monoisotopic (exact) mass is 581 g/mol. The molecule has 36 heavy (non-hydrogen) atoms. The molecule has 1 aromatic heterocycles. The maximum absolute atomic E-state index is 10.0. The summed E-state index contributed by atoms with van der Waals surface area (Å²) >= 11 is 15.9. The summed E-state index contributed by atoms with van der Waals surface area (Å²) in [7, 11) is 2.01. The summed E-state index contributed by atoms with van der Waals surface area (Å²) in [5, 5.41) is 11.5. The minimum absolute atomic E-state index is 0.0677. The number of hydrogen-bond acceptors (Lipinski definition) is 5. The lowest BCUT2D eigenvalue weighted by Crippen LogP contribution is -2.53. The molecule has 5 rings (SSSR count). The molecule has 1 atom stereocenters. The summed E-state index contributed by atoms with van der Waals surface area (Å²) in [6.45, 7) is 5.24. The fourth-order valence-electron chi connectivity index (χ4n) is 5.30. The Morgan fingerprint density at radius 1 is 0.972 bits per heavy atom. The van der Waals surface area contributed by atoms with Gasteiger partial charge in [-0.15, -0.1) is 0 Å². The van der Waals surface area contributed by atoms with Crippen LogP contribution in [-0.4, -0.2) is 54.1 Å². The Labute approximate surface area is 230 Å². The summed E-state index contributed by atoms with van der Waals surface area (Å²) in [6.07, 6.45) is 0. The van der Waals surface area contributed by atoms with Gasteiger partial charge < -0.3 is 9.80 Å². The molecule has 0 aliphatic carbocycles. The van der Waals surface area contributed by atoms with Gasteiger partial charge >= 0.3 is 0 Å². The second kappa shape index (κ2) is 10.4. The standard InChI is InChI=1S/C28H26BrCl2N5/c1-18-16-35(28-21(15-32)17-34(2)24-11-12-25(29)33-26(24)28)13-14-36(18)27(19-3-7-22(30)8-4-19)20-5-9-23(31)10-6-20/h3-12,18,27H,13-14,16-17H2,1-2H3/t18-/m1/s1. The molecule has 0 radical (unpaired) electrons. The Balaban J connectivity index is 1.48. The van der Waals surface area contributed by atoms with Crippen molar-refractivity contribution in [3.63, 3.8) is 0 Å². The molecule has 0 saturated carbocycles. The smallest absolute Gasteiger partial charge is 0.112 e. The molecule has 2 aromatic carbocycles. The first kappa shape index (κ1) is 25.1. The van der Waals surface area contributed by atoms with Crippen LogP contribution in [0, 0.1) is 11.3 Å². The zero-order chi connectivity index (χ0) is 25.4. The van der Waals surface area contributed by atoms with Gasteiger partial charge in [0, 0.05) is 42.8 Å². The number of piperazine rings is 1. The number of aromatic nitrogens is 1. The minimum atomic E-state index is 0.0677. The second-order valence-corrected chi connectivity index (χ2v) is 11.0. The van der Waals surface area contributed by atoms with E-state index in [1.165, 1.54) is 11.1 Å². The third-order valence-corrected chi connectivity index (χ3v) is 7.94. The number of rotatable bonds is 4. The van der Waals surface area contributed by atoms with Gasteiger partial charge in [0.1, 0.15) is 10.3 Å². The highest BCUT2D eigenvalue weighted by Crippen LogP contribution is 2.39. The van der Waals surface area contributed by atoms with Gasteiger partial charge in [-0.05, 0) is 70.4 Å². The van der Waals surface area contributed by atoms with Gasteiger partial charge in [-0.25, -0.2) is 4.98 Å². The van der Waals surface area contributed by atoms with Crippen molar-refractivity contribution >= 4 is 50.5 Å². The van der Waals surface area contributed by atoms with Crippen LogP contribution in [0.4, 0.5) is 5.69 Å². The first-order chi connectivity index (χ1) is 17.4. The van der Waals surface area contributed by atoms with Gasteiger partial charge in [0.05, 0.1) is 35.6 Å². The molecular weight excluding hydrogens is 557 g/mol. The van der Waals surface area contributed by atoms with Gasteiger partial charge in [0.15, 0.2) is 0 Å². The summed E-state index contributed by atoms with van der Waals surface area (Å²) < 4.78 is 0.767. The average molecular weight is 583 g/mol. The molecule has 2 aliphatic rings. The van der Waals surface area contributed by atoms with Gasteiger partial charge in [-0.3, -0.25) is 4.90 Å². The van der Waals surface area contributed by atoms with E-state index in [0.717, 1.165) is 56.9 Å². The van der Waals surface area contributed by atoms with Gasteiger partial charge in [0.25, 0.3) is 0 Å². The molecule has 0 N–H and O–H groups in total. The molecule has 3 heterocycles. The van der Waals surface area contributed by atoms with Crippen molar-refractivity contribution in [2.24, 2.45) is 0 Å². The number of pyridine rings is 1. The summed E-state index contributed by atoms with van der Waals surface area (Å²) in [5.41, 5.74) is 5.99. The van der Waals surface area contributed by atoms with Crippen molar-refractivity contribution in [2.45, 2.75) is 19.0 Å². The van der Waals surface area contributed by atoms with Crippen LogP contribution in [0.25, 0.3) is 5.70 Å². The predicted octanol–water partition coefficient (Wildman–Crippen LogP) is 6.63. The van der Waals surface area contributed by atoms with Crippen LogP contribution in [0.2, 0.25) is 10.0 Å². The molecule has 0 spiro atoms. The minimum Gasteiger partial charge on any atom is -0.368 e. The van der Waals surface area contributed by atoms with Crippen LogP contribution in [0.15, 0.2) is 70.8 Å². The van der Waals surface area contributed by atoms with E-state index in [1.807, 2.05) is 37.4 Å². The van der Waals surface area contributed by atoms with Crippen molar-refractivity contribution in [3.8, 4) is 6.07 Å². The molecule has 0 bridgehead atoms. The SMILES string of the molecule is C[C@@H]1CN(C2=C(C#N)CN(C)c3ccc(Br)nc32)CCN1C(c1ccc(Cl)cc1)c1ccc(Cl)cc1. The van der Waals surface area contributed by atoms with E-state index in [0.29, 0.717) is 6.54 Å². The van der Waals surface area contributed by atoms with Crippen LogP contribution in [0.3, 0.4) is 0 Å². The van der Waals surface area contributed by atoms with E-state index in [1.54, 1.807) is 0 Å². The Bertz CT molecular complexity index is 1290. The van der Waals surface area contributed by atoms with Crippen molar-refractivity contribution in [3.05, 3.63) is 97.7 Å². The number of anilines is 1. The van der Waals surface area contributed by atoms with Gasteiger partial charge in [-0.2, -0.15) is 5.26 Å². The highest BCUT2D eigenvalue weighted by molar-refractivity contribution is 9.10. The van der Waals surface area contributed by atoms with Crippen LogP contribution in [-0.2, 0) is 0 Å². The van der Waals surface area contributed by atoms with Gasteiger partial charge in [0.2, 0.25) is 0 Å². The molecule has 1 fully saturated rings. The number of halogens is 3. The molecule has 8 heteroatoms. The number of fused-ring (bicyclic) bond motifs is 1. The predicted molar refractivity (Wildman–Crippen MR) is 150 cm³/mol. The first-order valence-electron chi connectivity index (χ1n) is 11.9. The van der Waals surface area contributed by atoms with E-state index in [9.17, 15) is 5.26 Å². The third-order valence-electron chi connectivity index (χ3n) is 6.99. The largest absolute Gasteiger partial charge is 0.368 e. The fraction of sp³-hybridized carbons (Fsp3) is 0.286. The molecule has 1 saturated heterocycles. The number of hydrogen-bond donors (Lipinski definition) is 0. The van der Waals surface area contributed by atoms with Crippen molar-refractivity contribution < 1.29 is 0 Å². The quantitative estimate of drug-likeness (QED) is 0.323. The zero-order valence-electron chi connectivity index (χ0n) is 20.1. The van der Waals surface area contributed by atoms with Crippen molar-refractivity contribution in [2.75, 3.05) is 38.1 Å². The summed E-state index contributed by atoms with van der Waals surface area (Å²) in [4.78, 5) is 11.8. The molecule has 0 unspecified atom stereocenters. The first-order valence-corrected chi connectivity index (χ1v) is 13.4. The molecule has 184 valence electrons. The Morgan fingerprint density at radius 3 is 2.14 bits per heavy atom. The highest BCUT2D eigenvalue weighted by atomic mass is 79.9. The summed E-state index contributed by atoms with van der Waals surface area (Å²) in [6, 6.07) is 23.0. The Kier molecular flexibility index (Phi) is 7.28. The highest BCUT2D eigenvalue weighted by Gasteiger charge is 2.35. The molecule has 3 aromatic rings. The van der Waals surface area contributed by atoms with E-state index in [4.69, 9.17) is 28.2 Å². The number of benzene rings is 2. The van der Waals surface area contributed by atoms with Crippen LogP contribution in [0.5, 0.6) is 0 Å². The van der Waals surface area contributed by atoms with Crippen molar-refractivity contribution in [1.82, 2.24) is 14.8 Å². The number of likely N-dealkylation sites (N-methyl/N-ethyl adjacent to an activating group) is 1. The Hall–Kier alpha value is -2.56. The maximum Gasteiger partial charge on any atom is 0.112 e. The average Bonchev–Trinajstić information content (AvgIpc) is 2.87. The molecule has 0 amide bonds. The van der Waals surface area contributed by atoms with E-state index in [-0.39, 0.29) is 12.1 Å². The number of nitrogens with zero attached hydrogens (tertiary/aromatic N) is 5. The molecular formula is C28H26BrCl2N5. The summed E-state index contributed by atoms with van der Waals surface area (Å²) in [5.74, 6) is 0. The lowest BCUT2D eigenvalue weighted by molar-refractivity contribution is 0.0890. The van der Waals surface area contributed by atoms with E-state index < -0.39 is 0 Å². The zero-order valence-corrected chi connectivity index (χ0v) is 23.2. The fourth-order valence-corrected chi connectivity index (χ4v) is 5.86. The number of nitriles is 1. The van der Waals surface area contributed by atoms with Crippen LogP contribution in [0.1, 0.15) is 29.8 Å². The van der Waals surface area contributed by atoms with Crippen LogP contribution >= 0.6 is 39.1 Å². The van der Waals surface area contributed by atoms with E-state index in [2.05, 4.69) is 74.0 Å². The Morgan fingerprint density at radius 2 is 1.58 bits per heavy atom. The third kappa shape index (κ3) is 4.86. The van der Waals surface area contributed by atoms with Gasteiger partial charge in [-0.1, -0.05) is 47.5 Å².